The Labute approximate surface area is 138 Å². The number of benzene rings is 1. The predicted molar refractivity (Wildman–Crippen MR) is 83.9 cm³/mol. The number of aliphatic hydroxyl groups is 1. The molecular weight excluding hydrogens is 314 g/mol. The fourth-order valence-corrected chi connectivity index (χ4v) is 2.98. The zero-order valence-corrected chi connectivity index (χ0v) is 13.0. The normalized spacial score (nSPS) is 21.0. The molecule has 0 aliphatic heterocycles. The lowest BCUT2D eigenvalue weighted by Crippen LogP contribution is -2.42. The number of carbonyl (C=O) groups excluding carboxylic acids is 1. The highest BCUT2D eigenvalue weighted by Gasteiger charge is 2.36. The number of aromatic nitrogens is 1. The molecule has 0 unspecified atom stereocenters. The van der Waals surface area contributed by atoms with Gasteiger partial charge in [-0.25, -0.2) is 8.78 Å². The van der Waals surface area contributed by atoms with Gasteiger partial charge in [0.05, 0.1) is 24.3 Å². The van der Waals surface area contributed by atoms with Crippen LogP contribution in [0, 0.1) is 17.6 Å². The van der Waals surface area contributed by atoms with Crippen LogP contribution in [0.5, 0.6) is 0 Å². The monoisotopic (exact) mass is 332 g/mol. The molecule has 1 aliphatic rings. The van der Waals surface area contributed by atoms with Crippen molar-refractivity contribution in [3.63, 3.8) is 0 Å². The Balaban J connectivity index is 1.72. The van der Waals surface area contributed by atoms with E-state index >= 15 is 0 Å². The zero-order valence-electron chi connectivity index (χ0n) is 13.0. The van der Waals surface area contributed by atoms with E-state index in [0.29, 0.717) is 18.5 Å². The lowest BCUT2D eigenvalue weighted by molar-refractivity contribution is -0.122. The van der Waals surface area contributed by atoms with E-state index in [-0.39, 0.29) is 30.0 Å². The van der Waals surface area contributed by atoms with Gasteiger partial charge in [0, 0.05) is 11.8 Å². The number of hydrogen-bond donors (Lipinski definition) is 2. The maximum absolute atomic E-state index is 13.7. The summed E-state index contributed by atoms with van der Waals surface area (Å²) in [7, 11) is 0. The molecule has 2 aromatic rings. The molecule has 0 spiro atoms. The standard InChI is InChI=1S/C18H18F2N2O2/c19-14-5-3-4-11(17(14)20)10-16(24)22-18(12-8-13(23)9-12)15-6-1-2-7-21-15/h1-7,12-13,18,23H,8-10H2,(H,22,24)/t12?,13?,18-/m1/s1. The summed E-state index contributed by atoms with van der Waals surface area (Å²) in [6.45, 7) is 0. The first-order chi connectivity index (χ1) is 11.5. The Kier molecular flexibility index (Phi) is 4.85. The summed E-state index contributed by atoms with van der Waals surface area (Å²) >= 11 is 0. The summed E-state index contributed by atoms with van der Waals surface area (Å²) in [5.74, 6) is -2.29. The number of carbonyl (C=O) groups is 1. The van der Waals surface area contributed by atoms with Crippen molar-refractivity contribution in [3.05, 3.63) is 65.5 Å². The first-order valence-corrected chi connectivity index (χ1v) is 7.86. The summed E-state index contributed by atoms with van der Waals surface area (Å²) < 4.78 is 27.0. The highest BCUT2D eigenvalue weighted by molar-refractivity contribution is 5.79. The molecule has 1 amide bonds. The maximum Gasteiger partial charge on any atom is 0.225 e. The Morgan fingerprint density at radius 1 is 1.25 bits per heavy atom. The molecule has 1 heterocycles. The Hall–Kier alpha value is -2.34. The maximum atomic E-state index is 13.7. The van der Waals surface area contributed by atoms with Crippen molar-refractivity contribution in [3.8, 4) is 0 Å². The summed E-state index contributed by atoms with van der Waals surface area (Å²) in [5.41, 5.74) is 0.711. The van der Waals surface area contributed by atoms with Crippen LogP contribution in [0.2, 0.25) is 0 Å². The molecule has 0 bridgehead atoms. The Bertz CT molecular complexity index is 718. The minimum atomic E-state index is -0.999. The number of pyridine rings is 1. The third-order valence-electron chi connectivity index (χ3n) is 4.33. The minimum Gasteiger partial charge on any atom is -0.393 e. The van der Waals surface area contributed by atoms with E-state index in [4.69, 9.17) is 0 Å². The van der Waals surface area contributed by atoms with Crippen LogP contribution in [0.1, 0.15) is 30.1 Å². The lowest BCUT2D eigenvalue weighted by Gasteiger charge is -2.37. The van der Waals surface area contributed by atoms with Gasteiger partial charge in [0.15, 0.2) is 11.6 Å². The van der Waals surface area contributed by atoms with Gasteiger partial charge in [0.1, 0.15) is 0 Å². The SMILES string of the molecule is O=C(Cc1cccc(F)c1F)N[C@@H](c1ccccn1)C1CC(O)C1. The smallest absolute Gasteiger partial charge is 0.225 e. The van der Waals surface area contributed by atoms with Crippen molar-refractivity contribution >= 4 is 5.91 Å². The van der Waals surface area contributed by atoms with Crippen molar-refractivity contribution in [2.24, 2.45) is 5.92 Å². The van der Waals surface area contributed by atoms with E-state index in [0.717, 1.165) is 6.07 Å². The van der Waals surface area contributed by atoms with Gasteiger partial charge in [0.25, 0.3) is 0 Å². The van der Waals surface area contributed by atoms with Crippen LogP contribution in [-0.4, -0.2) is 22.1 Å². The molecule has 126 valence electrons. The third kappa shape index (κ3) is 3.59. The number of nitrogens with one attached hydrogen (secondary N) is 1. The van der Waals surface area contributed by atoms with Gasteiger partial charge in [-0.3, -0.25) is 9.78 Å². The van der Waals surface area contributed by atoms with E-state index < -0.39 is 17.5 Å². The zero-order chi connectivity index (χ0) is 17.1. The van der Waals surface area contributed by atoms with Crippen molar-refractivity contribution in [2.75, 3.05) is 0 Å². The highest BCUT2D eigenvalue weighted by Crippen LogP contribution is 2.37. The third-order valence-corrected chi connectivity index (χ3v) is 4.33. The summed E-state index contributed by atoms with van der Waals surface area (Å²) in [5, 5.41) is 12.4. The number of aliphatic hydroxyl groups excluding tert-OH is 1. The van der Waals surface area contributed by atoms with Crippen LogP contribution in [0.4, 0.5) is 8.78 Å². The van der Waals surface area contributed by atoms with Gasteiger partial charge in [-0.15, -0.1) is 0 Å². The van der Waals surface area contributed by atoms with E-state index in [1.807, 2.05) is 6.07 Å². The van der Waals surface area contributed by atoms with Crippen molar-refractivity contribution in [2.45, 2.75) is 31.4 Å². The summed E-state index contributed by atoms with van der Waals surface area (Å²) in [6, 6.07) is 8.84. The molecule has 1 aliphatic carbocycles. The molecule has 3 rings (SSSR count). The highest BCUT2D eigenvalue weighted by atomic mass is 19.2. The largest absolute Gasteiger partial charge is 0.393 e. The number of amides is 1. The molecule has 1 aromatic heterocycles. The molecule has 6 heteroatoms. The molecule has 2 N–H and O–H groups in total. The van der Waals surface area contributed by atoms with E-state index in [9.17, 15) is 18.7 Å². The van der Waals surface area contributed by atoms with Crippen LogP contribution in [0.3, 0.4) is 0 Å². The molecule has 1 fully saturated rings. The van der Waals surface area contributed by atoms with Gasteiger partial charge >= 0.3 is 0 Å². The van der Waals surface area contributed by atoms with E-state index in [2.05, 4.69) is 10.3 Å². The van der Waals surface area contributed by atoms with Crippen LogP contribution >= 0.6 is 0 Å². The second-order valence-corrected chi connectivity index (χ2v) is 6.07. The Morgan fingerprint density at radius 2 is 2.04 bits per heavy atom. The van der Waals surface area contributed by atoms with E-state index in [1.54, 1.807) is 18.3 Å². The van der Waals surface area contributed by atoms with Gasteiger partial charge in [0.2, 0.25) is 5.91 Å². The van der Waals surface area contributed by atoms with Gasteiger partial charge < -0.3 is 10.4 Å². The fraction of sp³-hybridized carbons (Fsp3) is 0.333. The topological polar surface area (TPSA) is 62.2 Å². The summed E-state index contributed by atoms with van der Waals surface area (Å²) in [6.07, 6.45) is 2.18. The fourth-order valence-electron chi connectivity index (χ4n) is 2.98. The van der Waals surface area contributed by atoms with Crippen molar-refractivity contribution < 1.29 is 18.7 Å². The predicted octanol–water partition coefficient (Wildman–Crippen LogP) is 2.53. The molecule has 1 atom stereocenters. The first-order valence-electron chi connectivity index (χ1n) is 7.86. The van der Waals surface area contributed by atoms with Gasteiger partial charge in [-0.05, 0) is 37.0 Å². The first kappa shape index (κ1) is 16.5. The average Bonchev–Trinajstić information content (AvgIpc) is 2.55. The molecule has 1 aromatic carbocycles. The molecule has 24 heavy (non-hydrogen) atoms. The molecule has 1 saturated carbocycles. The quantitative estimate of drug-likeness (QED) is 0.884. The molecule has 0 saturated heterocycles. The second kappa shape index (κ2) is 7.05. The van der Waals surface area contributed by atoms with E-state index in [1.165, 1.54) is 12.1 Å². The molecule has 4 nitrogen and oxygen atoms in total. The number of hydrogen-bond acceptors (Lipinski definition) is 3. The second-order valence-electron chi connectivity index (χ2n) is 6.07. The lowest BCUT2D eigenvalue weighted by atomic mass is 9.76. The van der Waals surface area contributed by atoms with Crippen LogP contribution in [-0.2, 0) is 11.2 Å². The van der Waals surface area contributed by atoms with Gasteiger partial charge in [-0.1, -0.05) is 18.2 Å². The minimum absolute atomic E-state index is 0.0147. The number of nitrogens with zero attached hydrogens (tertiary/aromatic N) is 1. The van der Waals surface area contributed by atoms with Crippen molar-refractivity contribution in [1.29, 1.82) is 0 Å². The van der Waals surface area contributed by atoms with Crippen LogP contribution < -0.4 is 5.32 Å². The van der Waals surface area contributed by atoms with Crippen molar-refractivity contribution in [1.82, 2.24) is 10.3 Å². The van der Waals surface area contributed by atoms with Gasteiger partial charge in [-0.2, -0.15) is 0 Å². The average molecular weight is 332 g/mol. The number of halogens is 2. The van der Waals surface area contributed by atoms with Crippen LogP contribution in [0.25, 0.3) is 0 Å². The number of rotatable bonds is 5. The Morgan fingerprint density at radius 3 is 2.71 bits per heavy atom. The molecular formula is C18H18F2N2O2. The summed E-state index contributed by atoms with van der Waals surface area (Å²) in [4.78, 5) is 16.6. The molecule has 0 radical (unpaired) electrons. The van der Waals surface area contributed by atoms with Crippen LogP contribution in [0.15, 0.2) is 42.6 Å².